The van der Waals surface area contributed by atoms with Crippen molar-refractivity contribution in [2.75, 3.05) is 19.8 Å². The molecule has 1 aliphatic heterocycles. The molecule has 1 fully saturated rings. The fourth-order valence-corrected chi connectivity index (χ4v) is 2.76. The van der Waals surface area contributed by atoms with Gasteiger partial charge in [0.25, 0.3) is 0 Å². The maximum absolute atomic E-state index is 12.5. The Morgan fingerprint density at radius 3 is 2.65 bits per heavy atom. The van der Waals surface area contributed by atoms with E-state index in [2.05, 4.69) is 15.4 Å². The van der Waals surface area contributed by atoms with Crippen LogP contribution in [-0.4, -0.2) is 40.4 Å². The first kappa shape index (κ1) is 15.6. The van der Waals surface area contributed by atoms with Gasteiger partial charge in [-0.2, -0.15) is 5.10 Å². The molecule has 1 aromatic heterocycles. The summed E-state index contributed by atoms with van der Waals surface area (Å²) in [6, 6.07) is 7.83. The summed E-state index contributed by atoms with van der Waals surface area (Å²) in [6.45, 7) is 2.03. The molecule has 1 amide bonds. The Bertz CT molecular complexity index is 633. The van der Waals surface area contributed by atoms with Crippen molar-refractivity contribution in [3.8, 4) is 5.69 Å². The summed E-state index contributed by atoms with van der Waals surface area (Å²) in [4.78, 5) is 16.4. The van der Waals surface area contributed by atoms with Crippen molar-refractivity contribution in [1.82, 2.24) is 20.1 Å². The van der Waals surface area contributed by atoms with Crippen LogP contribution in [0.15, 0.2) is 36.9 Å². The van der Waals surface area contributed by atoms with E-state index in [9.17, 15) is 4.79 Å². The average Bonchev–Trinajstić information content (AvgIpc) is 3.15. The van der Waals surface area contributed by atoms with E-state index in [1.165, 1.54) is 6.33 Å². The van der Waals surface area contributed by atoms with E-state index in [0.29, 0.717) is 39.1 Å². The van der Waals surface area contributed by atoms with Gasteiger partial charge in [-0.05, 0) is 30.5 Å². The summed E-state index contributed by atoms with van der Waals surface area (Å²) < 4.78 is 7.03. The zero-order valence-electron chi connectivity index (χ0n) is 12.9. The number of ether oxygens (including phenoxy) is 1. The monoisotopic (exact) mass is 315 g/mol. The number of hydrogen-bond donors (Lipinski definition) is 2. The Labute approximate surface area is 134 Å². The van der Waals surface area contributed by atoms with Gasteiger partial charge in [0.1, 0.15) is 12.7 Å². The molecular formula is C16H21N5O2. The van der Waals surface area contributed by atoms with E-state index in [0.717, 1.165) is 11.3 Å². The highest BCUT2D eigenvalue weighted by molar-refractivity contribution is 5.83. The van der Waals surface area contributed by atoms with Gasteiger partial charge >= 0.3 is 0 Å². The third-order valence-corrected chi connectivity index (χ3v) is 4.40. The molecule has 0 atom stereocenters. The minimum absolute atomic E-state index is 0.0173. The lowest BCUT2D eigenvalue weighted by atomic mass is 9.79. The number of benzene rings is 1. The molecule has 3 N–H and O–H groups in total. The molecule has 0 saturated carbocycles. The number of nitrogens with zero attached hydrogens (tertiary/aromatic N) is 3. The van der Waals surface area contributed by atoms with E-state index in [1.807, 2.05) is 24.3 Å². The zero-order valence-corrected chi connectivity index (χ0v) is 12.9. The summed E-state index contributed by atoms with van der Waals surface area (Å²) in [7, 11) is 0. The Balaban J connectivity index is 1.60. The third kappa shape index (κ3) is 3.40. The van der Waals surface area contributed by atoms with Gasteiger partial charge in [0.05, 0.1) is 11.1 Å². The third-order valence-electron chi connectivity index (χ3n) is 4.40. The molecule has 0 spiro atoms. The van der Waals surface area contributed by atoms with Gasteiger partial charge in [-0.25, -0.2) is 9.67 Å². The quantitative estimate of drug-likeness (QED) is 0.844. The number of rotatable bonds is 5. The van der Waals surface area contributed by atoms with Crippen molar-refractivity contribution in [3.05, 3.63) is 42.5 Å². The van der Waals surface area contributed by atoms with E-state index in [4.69, 9.17) is 10.5 Å². The van der Waals surface area contributed by atoms with Crippen LogP contribution in [0.5, 0.6) is 0 Å². The first-order valence-electron chi connectivity index (χ1n) is 7.74. The van der Waals surface area contributed by atoms with Crippen molar-refractivity contribution in [3.63, 3.8) is 0 Å². The summed E-state index contributed by atoms with van der Waals surface area (Å²) in [5, 5.41) is 7.09. The average molecular weight is 315 g/mol. The number of amides is 1. The predicted molar refractivity (Wildman–Crippen MR) is 84.7 cm³/mol. The smallest absolute Gasteiger partial charge is 0.227 e. The van der Waals surface area contributed by atoms with Crippen molar-refractivity contribution >= 4 is 5.91 Å². The topological polar surface area (TPSA) is 95.1 Å². The Kier molecular flexibility index (Phi) is 4.68. The first-order valence-corrected chi connectivity index (χ1v) is 7.74. The lowest BCUT2D eigenvalue weighted by Gasteiger charge is -2.34. The van der Waals surface area contributed by atoms with Crippen LogP contribution in [0.3, 0.4) is 0 Å². The number of nitrogens with one attached hydrogen (secondary N) is 1. The first-order chi connectivity index (χ1) is 11.2. The summed E-state index contributed by atoms with van der Waals surface area (Å²) in [6.07, 6.45) is 4.50. The second kappa shape index (κ2) is 6.89. The second-order valence-electron chi connectivity index (χ2n) is 5.79. The molecule has 0 radical (unpaired) electrons. The Hall–Kier alpha value is -2.25. The van der Waals surface area contributed by atoms with E-state index in [-0.39, 0.29) is 5.91 Å². The molecule has 7 heteroatoms. The molecule has 2 aromatic rings. The molecule has 3 rings (SSSR count). The fraction of sp³-hybridized carbons (Fsp3) is 0.438. The predicted octanol–water partition coefficient (Wildman–Crippen LogP) is 0.639. The minimum Gasteiger partial charge on any atom is -0.381 e. The highest BCUT2D eigenvalue weighted by Gasteiger charge is 2.38. The van der Waals surface area contributed by atoms with E-state index >= 15 is 0 Å². The van der Waals surface area contributed by atoms with E-state index in [1.54, 1.807) is 11.0 Å². The highest BCUT2D eigenvalue weighted by Crippen LogP contribution is 2.29. The van der Waals surface area contributed by atoms with Crippen LogP contribution in [0.4, 0.5) is 0 Å². The summed E-state index contributed by atoms with van der Waals surface area (Å²) in [5.41, 5.74) is 7.32. The molecule has 7 nitrogen and oxygen atoms in total. The summed E-state index contributed by atoms with van der Waals surface area (Å²) in [5.74, 6) is 0.0173. The number of aromatic nitrogens is 3. The molecular weight excluding hydrogens is 294 g/mol. The molecule has 1 saturated heterocycles. The SMILES string of the molecule is NCC1(C(=O)NCc2ccc(-n3cncn3)cc2)CCOCC1. The second-order valence-corrected chi connectivity index (χ2v) is 5.79. The maximum Gasteiger partial charge on any atom is 0.227 e. The number of nitrogens with two attached hydrogens (primary N) is 1. The van der Waals surface area contributed by atoms with Crippen LogP contribution in [0.25, 0.3) is 5.69 Å². The van der Waals surface area contributed by atoms with E-state index < -0.39 is 5.41 Å². The Morgan fingerprint density at radius 2 is 2.04 bits per heavy atom. The number of hydrogen-bond acceptors (Lipinski definition) is 5. The lowest BCUT2D eigenvalue weighted by molar-refractivity contribution is -0.136. The summed E-state index contributed by atoms with van der Waals surface area (Å²) >= 11 is 0. The van der Waals surface area contributed by atoms with Gasteiger partial charge in [-0.1, -0.05) is 12.1 Å². The van der Waals surface area contributed by atoms with Crippen molar-refractivity contribution < 1.29 is 9.53 Å². The molecule has 0 bridgehead atoms. The maximum atomic E-state index is 12.5. The lowest BCUT2D eigenvalue weighted by Crippen LogP contribution is -2.48. The molecule has 1 aromatic carbocycles. The molecule has 122 valence electrons. The van der Waals surface area contributed by atoms with Crippen LogP contribution in [0, 0.1) is 5.41 Å². The van der Waals surface area contributed by atoms with Crippen molar-refractivity contribution in [2.24, 2.45) is 11.1 Å². The number of carbonyl (C=O) groups excluding carboxylic acids is 1. The molecule has 2 heterocycles. The fourth-order valence-electron chi connectivity index (χ4n) is 2.76. The van der Waals surface area contributed by atoms with Crippen LogP contribution in [0.2, 0.25) is 0 Å². The standard InChI is InChI=1S/C16H21N5O2/c17-10-16(5-7-23-8-6-16)15(22)19-9-13-1-3-14(4-2-13)21-12-18-11-20-21/h1-4,11-12H,5-10,17H2,(H,19,22). The number of carbonyl (C=O) groups is 1. The molecule has 1 aliphatic rings. The molecule has 23 heavy (non-hydrogen) atoms. The van der Waals surface area contributed by atoms with Gasteiger partial charge < -0.3 is 15.8 Å². The van der Waals surface area contributed by atoms with Gasteiger partial charge in [-0.3, -0.25) is 4.79 Å². The van der Waals surface area contributed by atoms with Crippen LogP contribution < -0.4 is 11.1 Å². The van der Waals surface area contributed by atoms with Gasteiger partial charge in [0, 0.05) is 26.3 Å². The zero-order chi connectivity index (χ0) is 16.1. The van der Waals surface area contributed by atoms with Crippen molar-refractivity contribution in [1.29, 1.82) is 0 Å². The minimum atomic E-state index is -0.487. The normalized spacial score (nSPS) is 16.9. The largest absolute Gasteiger partial charge is 0.381 e. The van der Waals surface area contributed by atoms with Crippen molar-refractivity contribution in [2.45, 2.75) is 19.4 Å². The van der Waals surface area contributed by atoms with Crippen LogP contribution in [0.1, 0.15) is 18.4 Å². The van der Waals surface area contributed by atoms with Gasteiger partial charge in [-0.15, -0.1) is 0 Å². The molecule has 0 aliphatic carbocycles. The van der Waals surface area contributed by atoms with Gasteiger partial charge in [0.2, 0.25) is 5.91 Å². The van der Waals surface area contributed by atoms with Gasteiger partial charge in [0.15, 0.2) is 0 Å². The van der Waals surface area contributed by atoms with Crippen LogP contribution in [-0.2, 0) is 16.1 Å². The highest BCUT2D eigenvalue weighted by atomic mass is 16.5. The molecule has 0 unspecified atom stereocenters. The Morgan fingerprint density at radius 1 is 1.30 bits per heavy atom. The van der Waals surface area contributed by atoms with Crippen LogP contribution >= 0.6 is 0 Å².